The Morgan fingerprint density at radius 2 is 2.22 bits per heavy atom. The normalized spacial score (nSPS) is 22.3. The fourth-order valence-electron chi connectivity index (χ4n) is 2.30. The molecule has 2 unspecified atom stereocenters. The smallest absolute Gasteiger partial charge is 0.0805 e. The van der Waals surface area contributed by atoms with Crippen molar-refractivity contribution in [1.29, 1.82) is 0 Å². The van der Waals surface area contributed by atoms with Gasteiger partial charge in [0.15, 0.2) is 0 Å². The van der Waals surface area contributed by atoms with Crippen LogP contribution in [0.5, 0.6) is 0 Å². The Labute approximate surface area is 108 Å². The highest BCUT2D eigenvalue weighted by atomic mass is 16.5. The predicted octanol–water partition coefficient (Wildman–Crippen LogP) is 1.44. The van der Waals surface area contributed by atoms with Crippen molar-refractivity contribution in [2.45, 2.75) is 18.6 Å². The van der Waals surface area contributed by atoms with Crippen LogP contribution in [0.2, 0.25) is 0 Å². The zero-order valence-electron chi connectivity index (χ0n) is 10.5. The molecule has 2 atom stereocenters. The molecule has 0 radical (unpaired) electrons. The highest BCUT2D eigenvalue weighted by molar-refractivity contribution is 5.17. The fourth-order valence-corrected chi connectivity index (χ4v) is 2.30. The van der Waals surface area contributed by atoms with E-state index in [0.29, 0.717) is 19.6 Å². The Morgan fingerprint density at radius 3 is 2.94 bits per heavy atom. The molecular weight excluding hydrogens is 226 g/mol. The van der Waals surface area contributed by atoms with Crippen molar-refractivity contribution < 1.29 is 9.84 Å². The van der Waals surface area contributed by atoms with Gasteiger partial charge in [0.2, 0.25) is 0 Å². The summed E-state index contributed by atoms with van der Waals surface area (Å²) in [5.41, 5.74) is 0.948. The van der Waals surface area contributed by atoms with Gasteiger partial charge < -0.3 is 9.84 Å². The van der Waals surface area contributed by atoms with Gasteiger partial charge >= 0.3 is 0 Å². The van der Waals surface area contributed by atoms with Crippen molar-refractivity contribution in [3.63, 3.8) is 0 Å². The second-order valence-electron chi connectivity index (χ2n) is 4.57. The Hall–Kier alpha value is -1.34. The van der Waals surface area contributed by atoms with Crippen molar-refractivity contribution >= 4 is 0 Å². The summed E-state index contributed by atoms with van der Waals surface area (Å²) in [5, 5.41) is 10.2. The third-order valence-electron chi connectivity index (χ3n) is 3.32. The molecular formula is C15H19NO2. The number of morpholine rings is 1. The molecule has 1 aliphatic heterocycles. The molecule has 1 fully saturated rings. The second-order valence-corrected chi connectivity index (χ2v) is 4.57. The van der Waals surface area contributed by atoms with Gasteiger partial charge in [-0.2, -0.15) is 0 Å². The number of hydrogen-bond donors (Lipinski definition) is 1. The average molecular weight is 245 g/mol. The lowest BCUT2D eigenvalue weighted by Crippen LogP contribution is -2.46. The first-order chi connectivity index (χ1) is 8.81. The Balaban J connectivity index is 1.97. The minimum absolute atomic E-state index is 0.199. The molecule has 0 aromatic heterocycles. The topological polar surface area (TPSA) is 32.7 Å². The first-order valence-electron chi connectivity index (χ1n) is 6.29. The number of benzene rings is 1. The molecule has 0 saturated carbocycles. The van der Waals surface area contributed by atoms with Crippen LogP contribution in [0.15, 0.2) is 30.3 Å². The quantitative estimate of drug-likeness (QED) is 0.815. The summed E-state index contributed by atoms with van der Waals surface area (Å²) < 4.78 is 5.47. The van der Waals surface area contributed by atoms with E-state index < -0.39 is 6.10 Å². The standard InChI is InChI=1S/C15H19NO2/c1-2-8-16-9-10-18-12-14(16)11-15(17)13-6-4-3-5-7-13/h1,3-7,14-15,17H,8-12H2. The van der Waals surface area contributed by atoms with Crippen LogP contribution in [-0.4, -0.2) is 42.4 Å². The van der Waals surface area contributed by atoms with Crippen molar-refractivity contribution in [2.75, 3.05) is 26.3 Å². The molecule has 0 bridgehead atoms. The largest absolute Gasteiger partial charge is 0.388 e. The summed E-state index contributed by atoms with van der Waals surface area (Å²) in [6.07, 6.45) is 5.57. The SMILES string of the molecule is C#CCN1CCOCC1CC(O)c1ccccc1. The number of rotatable bonds is 4. The van der Waals surface area contributed by atoms with Gasteiger partial charge in [0, 0.05) is 12.6 Å². The minimum atomic E-state index is -0.460. The zero-order valence-corrected chi connectivity index (χ0v) is 10.5. The van der Waals surface area contributed by atoms with Crippen LogP contribution in [0.25, 0.3) is 0 Å². The number of hydrogen-bond acceptors (Lipinski definition) is 3. The third-order valence-corrected chi connectivity index (χ3v) is 3.32. The lowest BCUT2D eigenvalue weighted by atomic mass is 10.0. The maximum absolute atomic E-state index is 10.2. The lowest BCUT2D eigenvalue weighted by Gasteiger charge is -2.35. The molecule has 18 heavy (non-hydrogen) atoms. The highest BCUT2D eigenvalue weighted by Crippen LogP contribution is 2.22. The maximum Gasteiger partial charge on any atom is 0.0805 e. The van der Waals surface area contributed by atoms with E-state index in [0.717, 1.165) is 18.7 Å². The number of nitrogens with zero attached hydrogens (tertiary/aromatic N) is 1. The zero-order chi connectivity index (χ0) is 12.8. The molecule has 0 amide bonds. The molecule has 0 spiro atoms. The van der Waals surface area contributed by atoms with Gasteiger partial charge in [0.1, 0.15) is 0 Å². The van der Waals surface area contributed by atoms with Crippen molar-refractivity contribution in [3.05, 3.63) is 35.9 Å². The van der Waals surface area contributed by atoms with E-state index in [4.69, 9.17) is 11.2 Å². The number of ether oxygens (including phenoxy) is 1. The van der Waals surface area contributed by atoms with Crippen molar-refractivity contribution in [2.24, 2.45) is 0 Å². The monoisotopic (exact) mass is 245 g/mol. The summed E-state index contributed by atoms with van der Waals surface area (Å²) in [5.74, 6) is 2.67. The summed E-state index contributed by atoms with van der Waals surface area (Å²) in [6, 6.07) is 9.92. The van der Waals surface area contributed by atoms with Crippen molar-refractivity contribution in [1.82, 2.24) is 4.90 Å². The van der Waals surface area contributed by atoms with Gasteiger partial charge in [-0.3, -0.25) is 4.90 Å². The van der Waals surface area contributed by atoms with Crippen LogP contribution >= 0.6 is 0 Å². The van der Waals surface area contributed by atoms with Gasteiger partial charge in [0.05, 0.1) is 25.9 Å². The van der Waals surface area contributed by atoms with E-state index in [1.165, 1.54) is 0 Å². The van der Waals surface area contributed by atoms with Crippen LogP contribution in [0.4, 0.5) is 0 Å². The molecule has 1 aromatic carbocycles. The molecule has 1 saturated heterocycles. The van der Waals surface area contributed by atoms with Crippen LogP contribution in [-0.2, 0) is 4.74 Å². The van der Waals surface area contributed by atoms with Crippen LogP contribution in [0.1, 0.15) is 18.1 Å². The molecule has 3 heteroatoms. The lowest BCUT2D eigenvalue weighted by molar-refractivity contribution is -0.0200. The van der Waals surface area contributed by atoms with E-state index >= 15 is 0 Å². The van der Waals surface area contributed by atoms with E-state index in [1.807, 2.05) is 30.3 Å². The van der Waals surface area contributed by atoms with E-state index in [2.05, 4.69) is 10.8 Å². The molecule has 96 valence electrons. The highest BCUT2D eigenvalue weighted by Gasteiger charge is 2.25. The molecule has 1 N–H and O–H groups in total. The molecule has 1 heterocycles. The molecule has 1 aliphatic rings. The number of terminal acetylenes is 1. The van der Waals surface area contributed by atoms with Crippen LogP contribution < -0.4 is 0 Å². The molecule has 2 rings (SSSR count). The first kappa shape index (κ1) is 13.1. The van der Waals surface area contributed by atoms with Gasteiger partial charge in [-0.25, -0.2) is 0 Å². The number of aliphatic hydroxyl groups excluding tert-OH is 1. The number of aliphatic hydroxyl groups is 1. The minimum Gasteiger partial charge on any atom is -0.388 e. The second kappa shape index (κ2) is 6.55. The molecule has 0 aliphatic carbocycles. The Kier molecular flexibility index (Phi) is 4.77. The van der Waals surface area contributed by atoms with Crippen molar-refractivity contribution in [3.8, 4) is 12.3 Å². The first-order valence-corrected chi connectivity index (χ1v) is 6.29. The summed E-state index contributed by atoms with van der Waals surface area (Å²) >= 11 is 0. The predicted molar refractivity (Wildman–Crippen MR) is 71.0 cm³/mol. The Bertz CT molecular complexity index is 399. The van der Waals surface area contributed by atoms with Crippen LogP contribution in [0, 0.1) is 12.3 Å². The van der Waals surface area contributed by atoms with E-state index in [-0.39, 0.29) is 6.04 Å². The molecule has 1 aromatic rings. The van der Waals surface area contributed by atoms with Gasteiger partial charge in [-0.1, -0.05) is 36.3 Å². The summed E-state index contributed by atoms with van der Waals surface area (Å²) in [7, 11) is 0. The van der Waals surface area contributed by atoms with E-state index in [9.17, 15) is 5.11 Å². The van der Waals surface area contributed by atoms with E-state index in [1.54, 1.807) is 0 Å². The third kappa shape index (κ3) is 3.33. The van der Waals surface area contributed by atoms with Gasteiger partial charge in [-0.05, 0) is 12.0 Å². The molecule has 3 nitrogen and oxygen atoms in total. The Morgan fingerprint density at radius 1 is 1.44 bits per heavy atom. The van der Waals surface area contributed by atoms with Crippen LogP contribution in [0.3, 0.4) is 0 Å². The summed E-state index contributed by atoms with van der Waals surface area (Å²) in [4.78, 5) is 2.20. The fraction of sp³-hybridized carbons (Fsp3) is 0.467. The average Bonchev–Trinajstić information content (AvgIpc) is 2.42. The maximum atomic E-state index is 10.2. The summed E-state index contributed by atoms with van der Waals surface area (Å²) in [6.45, 7) is 2.83. The van der Waals surface area contributed by atoms with Gasteiger partial charge in [0.25, 0.3) is 0 Å². The van der Waals surface area contributed by atoms with Gasteiger partial charge in [-0.15, -0.1) is 6.42 Å².